The second-order valence-corrected chi connectivity index (χ2v) is 3.50. The SMILES string of the molecule is NC(=O)Nc1cc(Cl)cc(Br)c1. The Bertz CT molecular complexity index is 296. The summed E-state index contributed by atoms with van der Waals surface area (Å²) in [4.78, 5) is 10.4. The summed E-state index contributed by atoms with van der Waals surface area (Å²) in [7, 11) is 0. The van der Waals surface area contributed by atoms with E-state index in [-0.39, 0.29) is 0 Å². The quantitative estimate of drug-likeness (QED) is 0.790. The number of halogens is 2. The number of rotatable bonds is 1. The molecule has 0 aromatic heterocycles. The average molecular weight is 249 g/mol. The van der Waals surface area contributed by atoms with Crippen molar-refractivity contribution in [2.24, 2.45) is 5.73 Å². The maximum absolute atomic E-state index is 10.4. The summed E-state index contributed by atoms with van der Waals surface area (Å²) in [6.45, 7) is 0. The van der Waals surface area contributed by atoms with E-state index < -0.39 is 6.03 Å². The fourth-order valence-electron chi connectivity index (χ4n) is 0.768. The molecule has 0 saturated heterocycles. The predicted molar refractivity (Wildman–Crippen MR) is 52.4 cm³/mol. The molecule has 2 amide bonds. The van der Waals surface area contributed by atoms with Gasteiger partial charge >= 0.3 is 6.03 Å². The van der Waals surface area contributed by atoms with Crippen LogP contribution in [0.3, 0.4) is 0 Å². The van der Waals surface area contributed by atoms with Crippen molar-refractivity contribution in [1.29, 1.82) is 0 Å². The highest BCUT2D eigenvalue weighted by Gasteiger charge is 1.98. The van der Waals surface area contributed by atoms with Gasteiger partial charge in [0.2, 0.25) is 0 Å². The van der Waals surface area contributed by atoms with E-state index in [1.54, 1.807) is 18.2 Å². The summed E-state index contributed by atoms with van der Waals surface area (Å²) in [5.74, 6) is 0. The number of urea groups is 1. The van der Waals surface area contributed by atoms with E-state index >= 15 is 0 Å². The molecule has 0 bridgehead atoms. The van der Waals surface area contributed by atoms with E-state index in [9.17, 15) is 4.79 Å². The molecule has 0 unspecified atom stereocenters. The van der Waals surface area contributed by atoms with E-state index in [0.717, 1.165) is 4.47 Å². The van der Waals surface area contributed by atoms with Crippen LogP contribution >= 0.6 is 27.5 Å². The van der Waals surface area contributed by atoms with E-state index in [1.807, 2.05) is 0 Å². The summed E-state index contributed by atoms with van der Waals surface area (Å²) in [5, 5.41) is 2.95. The van der Waals surface area contributed by atoms with Crippen molar-refractivity contribution in [1.82, 2.24) is 0 Å². The molecule has 64 valence electrons. The minimum atomic E-state index is -0.607. The molecule has 0 saturated carbocycles. The van der Waals surface area contributed by atoms with Gasteiger partial charge in [0.15, 0.2) is 0 Å². The van der Waals surface area contributed by atoms with Crippen molar-refractivity contribution < 1.29 is 4.79 Å². The van der Waals surface area contributed by atoms with E-state index in [1.165, 1.54) is 0 Å². The minimum Gasteiger partial charge on any atom is -0.351 e. The first-order valence-corrected chi connectivity index (χ1v) is 4.27. The second kappa shape index (κ2) is 3.78. The van der Waals surface area contributed by atoms with Crippen LogP contribution in [-0.2, 0) is 0 Å². The zero-order valence-corrected chi connectivity index (χ0v) is 8.32. The van der Waals surface area contributed by atoms with Gasteiger partial charge in [-0.3, -0.25) is 0 Å². The molecule has 0 spiro atoms. The lowest BCUT2D eigenvalue weighted by Gasteiger charge is -2.02. The summed E-state index contributed by atoms with van der Waals surface area (Å²) in [5.41, 5.74) is 5.49. The van der Waals surface area contributed by atoms with Crippen molar-refractivity contribution in [3.8, 4) is 0 Å². The molecule has 3 N–H and O–H groups in total. The lowest BCUT2D eigenvalue weighted by Crippen LogP contribution is -2.19. The smallest absolute Gasteiger partial charge is 0.316 e. The first kappa shape index (κ1) is 9.35. The molecule has 12 heavy (non-hydrogen) atoms. The van der Waals surface area contributed by atoms with E-state index in [2.05, 4.69) is 21.2 Å². The molecule has 1 aromatic carbocycles. The molecule has 5 heteroatoms. The number of anilines is 1. The van der Waals surface area contributed by atoms with Crippen LogP contribution in [0.5, 0.6) is 0 Å². The molecular formula is C7H6BrClN2O. The number of benzene rings is 1. The molecule has 0 aliphatic rings. The standard InChI is InChI=1S/C7H6BrClN2O/c8-4-1-5(9)3-6(2-4)11-7(10)12/h1-3H,(H3,10,11,12). The van der Waals surface area contributed by atoms with Crippen LogP contribution < -0.4 is 11.1 Å². The summed E-state index contributed by atoms with van der Waals surface area (Å²) >= 11 is 8.94. The number of nitrogens with two attached hydrogens (primary N) is 1. The Morgan fingerprint density at radius 1 is 1.50 bits per heavy atom. The van der Waals surface area contributed by atoms with Gasteiger partial charge in [-0.05, 0) is 18.2 Å². The van der Waals surface area contributed by atoms with Crippen LogP contribution in [0.4, 0.5) is 10.5 Å². The third-order valence-corrected chi connectivity index (χ3v) is 1.81. The number of primary amides is 1. The summed E-state index contributed by atoms with van der Waals surface area (Å²) < 4.78 is 0.791. The highest BCUT2D eigenvalue weighted by atomic mass is 79.9. The fourth-order valence-corrected chi connectivity index (χ4v) is 1.63. The van der Waals surface area contributed by atoms with Crippen LogP contribution in [0.1, 0.15) is 0 Å². The Labute approximate surface area is 83.0 Å². The first-order chi connectivity index (χ1) is 5.58. The van der Waals surface area contributed by atoms with Gasteiger partial charge in [0.1, 0.15) is 0 Å². The zero-order chi connectivity index (χ0) is 9.14. The molecule has 3 nitrogen and oxygen atoms in total. The van der Waals surface area contributed by atoms with E-state index in [4.69, 9.17) is 17.3 Å². The topological polar surface area (TPSA) is 55.1 Å². The number of hydrogen-bond donors (Lipinski definition) is 2. The van der Waals surface area contributed by atoms with Gasteiger partial charge < -0.3 is 11.1 Å². The predicted octanol–water partition coefficient (Wildman–Crippen LogP) is 2.59. The van der Waals surface area contributed by atoms with Gasteiger partial charge in [-0.2, -0.15) is 0 Å². The molecule has 1 aromatic rings. The Balaban J connectivity index is 2.93. The normalized spacial score (nSPS) is 9.50. The van der Waals surface area contributed by atoms with Crippen molar-refractivity contribution in [2.45, 2.75) is 0 Å². The monoisotopic (exact) mass is 248 g/mol. The van der Waals surface area contributed by atoms with Crippen LogP contribution in [0.2, 0.25) is 5.02 Å². The van der Waals surface area contributed by atoms with Crippen LogP contribution in [0.25, 0.3) is 0 Å². The van der Waals surface area contributed by atoms with Crippen molar-refractivity contribution in [2.75, 3.05) is 5.32 Å². The maximum Gasteiger partial charge on any atom is 0.316 e. The molecular weight excluding hydrogens is 243 g/mol. The first-order valence-electron chi connectivity index (χ1n) is 3.10. The minimum absolute atomic E-state index is 0.535. The van der Waals surface area contributed by atoms with Gasteiger partial charge in [-0.15, -0.1) is 0 Å². The average Bonchev–Trinajstić information content (AvgIpc) is 1.81. The maximum atomic E-state index is 10.4. The summed E-state index contributed by atoms with van der Waals surface area (Å²) in [6.07, 6.45) is 0. The van der Waals surface area contributed by atoms with Gasteiger partial charge in [0.05, 0.1) is 0 Å². The molecule has 0 heterocycles. The molecule has 1 rings (SSSR count). The third kappa shape index (κ3) is 2.71. The number of carbonyl (C=O) groups excluding carboxylic acids is 1. The molecule has 0 atom stereocenters. The van der Waals surface area contributed by atoms with E-state index in [0.29, 0.717) is 10.7 Å². The Morgan fingerprint density at radius 3 is 2.67 bits per heavy atom. The number of amides is 2. The summed E-state index contributed by atoms with van der Waals surface area (Å²) in [6, 6.07) is 4.42. The fraction of sp³-hybridized carbons (Fsp3) is 0. The zero-order valence-electron chi connectivity index (χ0n) is 5.97. The molecule has 0 fully saturated rings. The van der Waals surface area contributed by atoms with Gasteiger partial charge in [0, 0.05) is 15.2 Å². The Morgan fingerprint density at radius 2 is 2.17 bits per heavy atom. The highest BCUT2D eigenvalue weighted by molar-refractivity contribution is 9.10. The number of carbonyl (C=O) groups is 1. The Kier molecular flexibility index (Phi) is 2.94. The van der Waals surface area contributed by atoms with Crippen LogP contribution in [0.15, 0.2) is 22.7 Å². The van der Waals surface area contributed by atoms with Crippen LogP contribution in [0, 0.1) is 0 Å². The number of nitrogens with one attached hydrogen (secondary N) is 1. The van der Waals surface area contributed by atoms with Crippen molar-refractivity contribution >= 4 is 39.2 Å². The highest BCUT2D eigenvalue weighted by Crippen LogP contribution is 2.22. The van der Waals surface area contributed by atoms with Gasteiger partial charge in [-0.25, -0.2) is 4.79 Å². The lowest BCUT2D eigenvalue weighted by atomic mass is 10.3. The Hall–Kier alpha value is -0.740. The molecule has 0 radical (unpaired) electrons. The molecule has 0 aliphatic heterocycles. The largest absolute Gasteiger partial charge is 0.351 e. The van der Waals surface area contributed by atoms with Crippen molar-refractivity contribution in [3.63, 3.8) is 0 Å². The molecule has 0 aliphatic carbocycles. The van der Waals surface area contributed by atoms with Crippen molar-refractivity contribution in [3.05, 3.63) is 27.7 Å². The van der Waals surface area contributed by atoms with Gasteiger partial charge in [0.25, 0.3) is 0 Å². The van der Waals surface area contributed by atoms with Crippen LogP contribution in [-0.4, -0.2) is 6.03 Å². The lowest BCUT2D eigenvalue weighted by molar-refractivity contribution is 0.259. The second-order valence-electron chi connectivity index (χ2n) is 2.15. The van der Waals surface area contributed by atoms with Gasteiger partial charge in [-0.1, -0.05) is 27.5 Å². The number of hydrogen-bond acceptors (Lipinski definition) is 1. The third-order valence-electron chi connectivity index (χ3n) is 1.13.